The monoisotopic (exact) mass is 363 g/mol. The van der Waals surface area contributed by atoms with Gasteiger partial charge in [-0.15, -0.1) is 0 Å². The maximum absolute atomic E-state index is 8.66. The van der Waals surface area contributed by atoms with Crippen LogP contribution in [0.5, 0.6) is 0 Å². The highest BCUT2D eigenvalue weighted by Gasteiger charge is 2.19. The van der Waals surface area contributed by atoms with Crippen LogP contribution in [0.15, 0.2) is 30.3 Å². The van der Waals surface area contributed by atoms with Crippen LogP contribution in [0.25, 0.3) is 21.1 Å². The molecular formula is C20H21N5O2. The lowest BCUT2D eigenvalue weighted by Gasteiger charge is -2.10. The van der Waals surface area contributed by atoms with Crippen LogP contribution in [-0.4, -0.2) is 35.9 Å². The summed E-state index contributed by atoms with van der Waals surface area (Å²) in [6, 6.07) is 11.8. The standard InChI is InChI=1S/C20H21N5O2/c1-22-10-12-25-19(16-27-14-11-23-2)18(15-26-13-6-9-21)24-20(25)17-7-4-3-5-8-17/h3-5,7-8H,6,10-16H2. The fourth-order valence-corrected chi connectivity index (χ4v) is 2.58. The van der Waals surface area contributed by atoms with Crippen LogP contribution in [0.1, 0.15) is 17.8 Å². The molecule has 0 radical (unpaired) electrons. The number of benzene rings is 1. The zero-order valence-corrected chi connectivity index (χ0v) is 15.1. The van der Waals surface area contributed by atoms with Crippen LogP contribution in [0.4, 0.5) is 0 Å². The number of imidazole rings is 1. The molecule has 138 valence electrons. The van der Waals surface area contributed by atoms with Crippen molar-refractivity contribution < 1.29 is 9.47 Å². The molecule has 2 aromatic rings. The normalized spacial score (nSPS) is 10.1. The zero-order valence-electron chi connectivity index (χ0n) is 15.1. The van der Waals surface area contributed by atoms with Gasteiger partial charge in [-0.25, -0.2) is 18.1 Å². The summed E-state index contributed by atoms with van der Waals surface area (Å²) in [6.07, 6.45) is 0.320. The highest BCUT2D eigenvalue weighted by Crippen LogP contribution is 2.24. The Morgan fingerprint density at radius 3 is 2.48 bits per heavy atom. The first-order chi connectivity index (χ1) is 13.3. The van der Waals surface area contributed by atoms with Gasteiger partial charge in [-0.2, -0.15) is 5.26 Å². The fraction of sp³-hybridized carbons (Fsp3) is 0.400. The van der Waals surface area contributed by atoms with Gasteiger partial charge >= 0.3 is 0 Å². The maximum atomic E-state index is 8.66. The number of aromatic nitrogens is 2. The van der Waals surface area contributed by atoms with E-state index in [1.807, 2.05) is 34.9 Å². The molecule has 0 saturated carbocycles. The number of hydrogen-bond donors (Lipinski definition) is 0. The highest BCUT2D eigenvalue weighted by atomic mass is 16.5. The minimum atomic E-state index is 0.272. The minimum absolute atomic E-state index is 0.272. The molecule has 7 heteroatoms. The third kappa shape index (κ3) is 5.94. The van der Waals surface area contributed by atoms with Crippen molar-refractivity contribution in [2.75, 3.05) is 26.3 Å². The van der Waals surface area contributed by atoms with E-state index in [1.54, 1.807) is 0 Å². The van der Waals surface area contributed by atoms with E-state index in [0.717, 1.165) is 22.8 Å². The smallest absolute Gasteiger partial charge is 0.237 e. The number of hydrogen-bond acceptors (Lipinski definition) is 4. The van der Waals surface area contributed by atoms with E-state index >= 15 is 0 Å². The van der Waals surface area contributed by atoms with Gasteiger partial charge in [-0.1, -0.05) is 30.3 Å². The Morgan fingerprint density at radius 1 is 1.04 bits per heavy atom. The quantitative estimate of drug-likeness (QED) is 0.454. The summed E-state index contributed by atoms with van der Waals surface area (Å²) in [5.41, 5.74) is 2.53. The predicted octanol–water partition coefficient (Wildman–Crippen LogP) is 3.34. The van der Waals surface area contributed by atoms with Crippen molar-refractivity contribution in [3.8, 4) is 17.5 Å². The summed E-state index contributed by atoms with van der Waals surface area (Å²) < 4.78 is 13.2. The van der Waals surface area contributed by atoms with E-state index in [0.29, 0.717) is 45.9 Å². The third-order valence-electron chi connectivity index (χ3n) is 3.81. The van der Waals surface area contributed by atoms with E-state index in [1.165, 1.54) is 0 Å². The number of nitriles is 1. The molecular weight excluding hydrogens is 342 g/mol. The van der Waals surface area contributed by atoms with Gasteiger partial charge in [-0.05, 0) is 0 Å². The van der Waals surface area contributed by atoms with Gasteiger partial charge in [0.05, 0.1) is 50.2 Å². The number of ether oxygens (including phenoxy) is 2. The molecule has 0 amide bonds. The summed E-state index contributed by atoms with van der Waals surface area (Å²) in [7, 11) is 0. The summed E-state index contributed by atoms with van der Waals surface area (Å²) in [4.78, 5) is 11.5. The van der Waals surface area contributed by atoms with Crippen molar-refractivity contribution >= 4 is 0 Å². The molecule has 27 heavy (non-hydrogen) atoms. The molecule has 0 saturated heterocycles. The molecule has 0 aliphatic rings. The van der Waals surface area contributed by atoms with Crippen LogP contribution >= 0.6 is 0 Å². The summed E-state index contributed by atoms with van der Waals surface area (Å²) in [5, 5.41) is 8.66. The summed E-state index contributed by atoms with van der Waals surface area (Å²) >= 11 is 0. The summed E-state index contributed by atoms with van der Waals surface area (Å²) in [5.74, 6) is 0.766. The second-order valence-corrected chi connectivity index (χ2v) is 5.62. The Balaban J connectivity index is 2.33. The Morgan fingerprint density at radius 2 is 1.78 bits per heavy atom. The largest absolute Gasteiger partial charge is 0.374 e. The van der Waals surface area contributed by atoms with Crippen molar-refractivity contribution in [2.24, 2.45) is 0 Å². The molecule has 1 heterocycles. The lowest BCUT2D eigenvalue weighted by Crippen LogP contribution is -2.11. The summed E-state index contributed by atoms with van der Waals surface area (Å²) in [6.45, 7) is 16.4. The van der Waals surface area contributed by atoms with Crippen LogP contribution in [0, 0.1) is 24.5 Å². The number of rotatable bonds is 11. The number of nitrogens with zero attached hydrogens (tertiary/aromatic N) is 5. The van der Waals surface area contributed by atoms with Crippen molar-refractivity contribution in [3.63, 3.8) is 0 Å². The molecule has 7 nitrogen and oxygen atoms in total. The van der Waals surface area contributed by atoms with E-state index < -0.39 is 0 Å². The first-order valence-corrected chi connectivity index (χ1v) is 8.64. The Kier molecular flexibility index (Phi) is 8.53. The SMILES string of the molecule is [C-]#[N+]CCOCc1c(COCCC#N)nc(-c2ccccc2)n1CC[N+]#[C-]. The maximum Gasteiger partial charge on any atom is 0.237 e. The van der Waals surface area contributed by atoms with E-state index in [9.17, 15) is 0 Å². The Hall–Kier alpha value is -3.18. The molecule has 0 N–H and O–H groups in total. The minimum Gasteiger partial charge on any atom is -0.374 e. The average Bonchev–Trinajstić information content (AvgIpc) is 3.05. The van der Waals surface area contributed by atoms with Crippen molar-refractivity contribution in [1.29, 1.82) is 5.26 Å². The van der Waals surface area contributed by atoms with Gasteiger partial charge in [-0.3, -0.25) is 0 Å². The molecule has 1 aromatic carbocycles. The van der Waals surface area contributed by atoms with Gasteiger partial charge in [0.2, 0.25) is 13.1 Å². The van der Waals surface area contributed by atoms with E-state index in [2.05, 4.69) is 15.8 Å². The van der Waals surface area contributed by atoms with Crippen LogP contribution in [-0.2, 0) is 29.2 Å². The molecule has 0 atom stereocenters. The zero-order chi connectivity index (χ0) is 19.3. The van der Waals surface area contributed by atoms with E-state index in [-0.39, 0.29) is 6.61 Å². The topological polar surface area (TPSA) is 68.8 Å². The van der Waals surface area contributed by atoms with Gasteiger partial charge in [0.25, 0.3) is 0 Å². The van der Waals surface area contributed by atoms with Gasteiger partial charge < -0.3 is 23.7 Å². The molecule has 0 aliphatic heterocycles. The van der Waals surface area contributed by atoms with Crippen molar-refractivity contribution in [1.82, 2.24) is 9.55 Å². The third-order valence-corrected chi connectivity index (χ3v) is 3.81. The van der Waals surface area contributed by atoms with Gasteiger partial charge in [0.1, 0.15) is 12.4 Å². The molecule has 0 fully saturated rings. The first kappa shape index (κ1) is 20.1. The van der Waals surface area contributed by atoms with Crippen molar-refractivity contribution in [3.05, 3.63) is 64.6 Å². The van der Waals surface area contributed by atoms with Crippen LogP contribution in [0.2, 0.25) is 0 Å². The van der Waals surface area contributed by atoms with E-state index in [4.69, 9.17) is 32.9 Å². The molecule has 0 spiro atoms. The molecule has 0 unspecified atom stereocenters. The lowest BCUT2D eigenvalue weighted by atomic mass is 10.2. The molecule has 1 aromatic heterocycles. The molecule has 2 rings (SSSR count). The Bertz CT molecular complexity index is 840. The Labute approximate surface area is 159 Å². The second-order valence-electron chi connectivity index (χ2n) is 5.62. The predicted molar refractivity (Wildman–Crippen MR) is 100 cm³/mol. The first-order valence-electron chi connectivity index (χ1n) is 8.64. The fourth-order valence-electron chi connectivity index (χ4n) is 2.58. The molecule has 0 bridgehead atoms. The second kappa shape index (κ2) is 11.4. The molecule has 0 aliphatic carbocycles. The highest BCUT2D eigenvalue weighted by molar-refractivity contribution is 5.56. The van der Waals surface area contributed by atoms with Gasteiger partial charge in [0, 0.05) is 5.56 Å². The van der Waals surface area contributed by atoms with Crippen molar-refractivity contribution in [2.45, 2.75) is 26.2 Å². The van der Waals surface area contributed by atoms with Crippen LogP contribution in [0.3, 0.4) is 0 Å². The average molecular weight is 363 g/mol. The van der Waals surface area contributed by atoms with Crippen LogP contribution < -0.4 is 0 Å². The lowest BCUT2D eigenvalue weighted by molar-refractivity contribution is 0.110. The van der Waals surface area contributed by atoms with Gasteiger partial charge in [0.15, 0.2) is 0 Å².